The molecule has 2 amide bonds. The van der Waals surface area contributed by atoms with E-state index in [0.717, 1.165) is 18.4 Å². The number of hydrogen-bond donors (Lipinski definition) is 2. The maximum absolute atomic E-state index is 12.7. The molecule has 130 valence electrons. The molecule has 5 nitrogen and oxygen atoms in total. The lowest BCUT2D eigenvalue weighted by Crippen LogP contribution is -2.28. The van der Waals surface area contributed by atoms with Crippen LogP contribution in [-0.2, 0) is 0 Å². The van der Waals surface area contributed by atoms with Crippen LogP contribution in [0, 0.1) is 5.41 Å². The first-order chi connectivity index (χ1) is 12.0. The summed E-state index contributed by atoms with van der Waals surface area (Å²) >= 11 is 0. The fourth-order valence-electron chi connectivity index (χ4n) is 2.65. The average molecular weight is 337 g/mol. The number of nitrogens with one attached hydrogen (secondary N) is 1. The molecule has 0 heterocycles. The van der Waals surface area contributed by atoms with Crippen molar-refractivity contribution in [3.63, 3.8) is 0 Å². The lowest BCUT2D eigenvalue weighted by atomic mass is 9.95. The maximum Gasteiger partial charge on any atom is 0.253 e. The van der Waals surface area contributed by atoms with Crippen LogP contribution in [0.5, 0.6) is 0 Å². The average Bonchev–Trinajstić information content (AvgIpc) is 2.64. The number of amides is 2. The quantitative estimate of drug-likeness (QED) is 0.759. The molecular weight excluding hydrogens is 314 g/mol. The van der Waals surface area contributed by atoms with Crippen LogP contribution >= 0.6 is 0 Å². The highest BCUT2D eigenvalue weighted by molar-refractivity contribution is 6.01. The number of nitrogens with two attached hydrogens (primary N) is 1. The second-order valence-corrected chi connectivity index (χ2v) is 5.98. The number of rotatable bonds is 7. The second kappa shape index (κ2) is 8.24. The Bertz CT molecular complexity index is 799. The minimum absolute atomic E-state index is 0.148. The highest BCUT2D eigenvalue weighted by atomic mass is 16.2. The van der Waals surface area contributed by atoms with Gasteiger partial charge in [0.25, 0.3) is 5.91 Å². The molecule has 0 spiro atoms. The number of carbonyl (C=O) groups excluding carboxylic acids is 2. The van der Waals surface area contributed by atoms with Gasteiger partial charge in [0.15, 0.2) is 0 Å². The lowest BCUT2D eigenvalue weighted by Gasteiger charge is -2.18. The van der Waals surface area contributed by atoms with E-state index in [4.69, 9.17) is 11.1 Å². The molecule has 0 bridgehead atoms. The monoisotopic (exact) mass is 337 g/mol. The van der Waals surface area contributed by atoms with Crippen LogP contribution in [0.2, 0.25) is 0 Å². The van der Waals surface area contributed by atoms with Gasteiger partial charge in [0.2, 0.25) is 5.91 Å². The van der Waals surface area contributed by atoms with Crippen molar-refractivity contribution in [2.45, 2.75) is 19.8 Å². The highest BCUT2D eigenvalue weighted by Gasteiger charge is 2.16. The first-order valence-electron chi connectivity index (χ1n) is 8.28. The molecule has 0 radical (unpaired) electrons. The van der Waals surface area contributed by atoms with Gasteiger partial charge in [-0.25, -0.2) is 0 Å². The van der Waals surface area contributed by atoms with Gasteiger partial charge in [-0.15, -0.1) is 0 Å². The van der Waals surface area contributed by atoms with Gasteiger partial charge in [-0.05, 0) is 41.3 Å². The Morgan fingerprint density at radius 3 is 2.48 bits per heavy atom. The number of primary amides is 1. The summed E-state index contributed by atoms with van der Waals surface area (Å²) < 4.78 is 0. The molecular formula is C20H23N3O2. The molecule has 0 fully saturated rings. The normalized spacial score (nSPS) is 10.3. The van der Waals surface area contributed by atoms with Crippen LogP contribution in [0.25, 0.3) is 11.1 Å². The lowest BCUT2D eigenvalue weighted by molar-refractivity contribution is 0.0793. The van der Waals surface area contributed by atoms with E-state index in [-0.39, 0.29) is 11.5 Å². The summed E-state index contributed by atoms with van der Waals surface area (Å²) in [5, 5.41) is 7.56. The second-order valence-electron chi connectivity index (χ2n) is 5.98. The molecule has 0 aliphatic carbocycles. The van der Waals surface area contributed by atoms with E-state index in [1.165, 1.54) is 12.3 Å². The van der Waals surface area contributed by atoms with E-state index in [2.05, 4.69) is 6.92 Å². The zero-order chi connectivity index (χ0) is 18.4. The van der Waals surface area contributed by atoms with Crippen LogP contribution in [0.15, 0.2) is 42.5 Å². The number of benzene rings is 2. The third kappa shape index (κ3) is 4.32. The molecule has 0 atom stereocenters. The SMILES string of the molecule is CCCCN(C)C(=O)c1cc(C(N)=O)cc(-c2ccccc2C=N)c1. The van der Waals surface area contributed by atoms with E-state index in [1.54, 1.807) is 24.1 Å². The van der Waals surface area contributed by atoms with Crippen molar-refractivity contribution >= 4 is 18.0 Å². The number of nitrogens with zero attached hydrogens (tertiary/aromatic N) is 1. The molecule has 0 aliphatic rings. The van der Waals surface area contributed by atoms with E-state index < -0.39 is 5.91 Å². The number of carbonyl (C=O) groups is 2. The van der Waals surface area contributed by atoms with Crippen molar-refractivity contribution in [3.05, 3.63) is 59.2 Å². The van der Waals surface area contributed by atoms with Gasteiger partial charge in [-0.3, -0.25) is 9.59 Å². The topological polar surface area (TPSA) is 87.2 Å². The zero-order valence-electron chi connectivity index (χ0n) is 14.6. The smallest absolute Gasteiger partial charge is 0.253 e. The number of hydrogen-bond acceptors (Lipinski definition) is 3. The molecule has 2 rings (SSSR count). The van der Waals surface area contributed by atoms with E-state index >= 15 is 0 Å². The van der Waals surface area contributed by atoms with Gasteiger partial charge in [0.05, 0.1) is 0 Å². The summed E-state index contributed by atoms with van der Waals surface area (Å²) in [6, 6.07) is 12.3. The molecule has 5 heteroatoms. The summed E-state index contributed by atoms with van der Waals surface area (Å²) in [7, 11) is 1.75. The van der Waals surface area contributed by atoms with E-state index in [1.807, 2.05) is 24.3 Å². The van der Waals surface area contributed by atoms with Gasteiger partial charge < -0.3 is 16.0 Å². The molecule has 0 saturated carbocycles. The fourth-order valence-corrected chi connectivity index (χ4v) is 2.65. The molecule has 0 aliphatic heterocycles. The summed E-state index contributed by atoms with van der Waals surface area (Å²) in [6.07, 6.45) is 3.17. The molecule has 2 aromatic carbocycles. The predicted molar refractivity (Wildman–Crippen MR) is 100 cm³/mol. The number of unbranched alkanes of at least 4 members (excludes halogenated alkanes) is 1. The minimum atomic E-state index is -0.584. The molecule has 2 aromatic rings. The summed E-state index contributed by atoms with van der Waals surface area (Å²) in [6.45, 7) is 2.72. The van der Waals surface area contributed by atoms with Gasteiger partial charge in [0, 0.05) is 30.9 Å². The largest absolute Gasteiger partial charge is 0.366 e. The summed E-state index contributed by atoms with van der Waals surface area (Å²) in [4.78, 5) is 26.0. The van der Waals surface area contributed by atoms with Gasteiger partial charge >= 0.3 is 0 Å². The van der Waals surface area contributed by atoms with Crippen molar-refractivity contribution in [2.24, 2.45) is 5.73 Å². The van der Waals surface area contributed by atoms with Gasteiger partial charge in [0.1, 0.15) is 0 Å². The Kier molecular flexibility index (Phi) is 6.06. The standard InChI is InChI=1S/C20H23N3O2/c1-3-4-9-23(2)20(25)17-11-15(10-16(12-17)19(22)24)18-8-6-5-7-14(18)13-21/h5-8,10-13,21H,3-4,9H2,1-2H3,(H2,22,24). The molecule has 0 aromatic heterocycles. The van der Waals surface area contributed by atoms with Crippen LogP contribution < -0.4 is 5.73 Å². The first-order valence-corrected chi connectivity index (χ1v) is 8.28. The van der Waals surface area contributed by atoms with Crippen molar-refractivity contribution < 1.29 is 9.59 Å². The molecule has 3 N–H and O–H groups in total. The minimum Gasteiger partial charge on any atom is -0.366 e. The Morgan fingerprint density at radius 2 is 1.84 bits per heavy atom. The van der Waals surface area contributed by atoms with Crippen LogP contribution in [-0.4, -0.2) is 36.5 Å². The van der Waals surface area contributed by atoms with Crippen LogP contribution in [0.4, 0.5) is 0 Å². The fraction of sp³-hybridized carbons (Fsp3) is 0.250. The van der Waals surface area contributed by atoms with Gasteiger partial charge in [-0.2, -0.15) is 0 Å². The Labute approximate surface area is 148 Å². The molecule has 0 saturated heterocycles. The Morgan fingerprint density at radius 1 is 1.16 bits per heavy atom. The highest BCUT2D eigenvalue weighted by Crippen LogP contribution is 2.26. The maximum atomic E-state index is 12.7. The summed E-state index contributed by atoms with van der Waals surface area (Å²) in [5.74, 6) is -0.732. The van der Waals surface area contributed by atoms with E-state index in [9.17, 15) is 9.59 Å². The van der Waals surface area contributed by atoms with Crippen molar-refractivity contribution in [1.82, 2.24) is 4.90 Å². The zero-order valence-corrected chi connectivity index (χ0v) is 14.6. The van der Waals surface area contributed by atoms with Crippen molar-refractivity contribution in [1.29, 1.82) is 5.41 Å². The van der Waals surface area contributed by atoms with E-state index in [0.29, 0.717) is 23.2 Å². The summed E-state index contributed by atoms with van der Waals surface area (Å²) in [5.41, 5.74) is 8.34. The van der Waals surface area contributed by atoms with Crippen molar-refractivity contribution in [3.8, 4) is 11.1 Å². The van der Waals surface area contributed by atoms with Gasteiger partial charge in [-0.1, -0.05) is 37.6 Å². The molecule has 0 unspecified atom stereocenters. The van der Waals surface area contributed by atoms with Crippen LogP contribution in [0.3, 0.4) is 0 Å². The third-order valence-electron chi connectivity index (χ3n) is 4.09. The predicted octanol–water partition coefficient (Wildman–Crippen LogP) is 3.32. The Balaban J connectivity index is 2.52. The third-order valence-corrected chi connectivity index (χ3v) is 4.09. The molecule has 25 heavy (non-hydrogen) atoms. The van der Waals surface area contributed by atoms with Crippen LogP contribution in [0.1, 0.15) is 46.0 Å². The first kappa shape index (κ1) is 18.4. The Hall–Kier alpha value is -2.95. The van der Waals surface area contributed by atoms with Crippen molar-refractivity contribution in [2.75, 3.05) is 13.6 Å².